The normalized spacial score (nSPS) is 11.7. The van der Waals surface area contributed by atoms with Gasteiger partial charge in [-0.05, 0) is 62.5 Å². The topological polar surface area (TPSA) is 58.2 Å². The average molecular weight is 400 g/mol. The largest absolute Gasteiger partial charge is 0.313 e. The second-order valence-electron chi connectivity index (χ2n) is 3.95. The maximum absolute atomic E-state index is 10.8. The van der Waals surface area contributed by atoms with E-state index in [0.29, 0.717) is 6.54 Å². The molecule has 0 aliphatic rings. The van der Waals surface area contributed by atoms with Gasteiger partial charge in [0.25, 0.3) is 0 Å². The van der Waals surface area contributed by atoms with Crippen molar-refractivity contribution >= 4 is 41.9 Å². The van der Waals surface area contributed by atoms with Crippen molar-refractivity contribution in [2.24, 2.45) is 0 Å². The Morgan fingerprint density at radius 1 is 1.17 bits per heavy atom. The van der Waals surface area contributed by atoms with Gasteiger partial charge in [0, 0.05) is 22.0 Å². The Morgan fingerprint density at radius 2 is 1.89 bits per heavy atom. The van der Waals surface area contributed by atoms with E-state index in [0.717, 1.165) is 28.5 Å². The lowest BCUT2D eigenvalue weighted by Crippen LogP contribution is -2.26. The zero-order valence-corrected chi connectivity index (χ0v) is 14.0. The molecule has 0 unspecified atom stereocenters. The van der Waals surface area contributed by atoms with Crippen LogP contribution in [0.5, 0.6) is 0 Å². The third kappa shape index (κ3) is 6.84. The molecule has 1 rings (SSSR count). The fourth-order valence-corrected chi connectivity index (χ4v) is 2.54. The van der Waals surface area contributed by atoms with Gasteiger partial charge in [0.05, 0.1) is 6.26 Å². The summed E-state index contributed by atoms with van der Waals surface area (Å²) < 4.78 is 26.1. The maximum atomic E-state index is 10.8. The minimum atomic E-state index is -3.06. The summed E-state index contributed by atoms with van der Waals surface area (Å²) >= 11 is 6.87. The highest BCUT2D eigenvalue weighted by Gasteiger charge is 2.00. The smallest absolute Gasteiger partial charge is 0.208 e. The van der Waals surface area contributed by atoms with E-state index in [1.807, 2.05) is 18.2 Å². The van der Waals surface area contributed by atoms with Gasteiger partial charge in [0.1, 0.15) is 0 Å². The standard InChI is InChI=1S/C11H16Br2N2O2S/c1-18(16,17)15-6-2-5-14-8-9-3-4-10(12)11(13)7-9/h3-4,7,14-15H,2,5-6,8H2,1H3. The molecule has 7 heteroatoms. The number of rotatable bonds is 7. The molecule has 0 aliphatic carbocycles. The zero-order chi connectivity index (χ0) is 13.6. The number of halogens is 2. The fourth-order valence-electron chi connectivity index (χ4n) is 1.35. The Morgan fingerprint density at radius 3 is 2.50 bits per heavy atom. The van der Waals surface area contributed by atoms with Gasteiger partial charge in [-0.2, -0.15) is 0 Å². The summed E-state index contributed by atoms with van der Waals surface area (Å²) in [4.78, 5) is 0. The highest BCUT2D eigenvalue weighted by Crippen LogP contribution is 2.23. The van der Waals surface area contributed by atoms with Crippen LogP contribution in [0.2, 0.25) is 0 Å². The molecule has 1 aromatic carbocycles. The molecule has 2 N–H and O–H groups in total. The van der Waals surface area contributed by atoms with Crippen molar-refractivity contribution < 1.29 is 8.42 Å². The predicted octanol–water partition coefficient (Wildman–Crippen LogP) is 2.24. The van der Waals surface area contributed by atoms with Gasteiger partial charge in [0.15, 0.2) is 0 Å². The Kier molecular flexibility index (Phi) is 6.79. The first-order chi connectivity index (χ1) is 8.38. The molecule has 0 radical (unpaired) electrons. The van der Waals surface area contributed by atoms with Crippen LogP contribution in [0.25, 0.3) is 0 Å². The quantitative estimate of drug-likeness (QED) is 0.691. The van der Waals surface area contributed by atoms with Gasteiger partial charge in [-0.15, -0.1) is 0 Å². The summed E-state index contributed by atoms with van der Waals surface area (Å²) in [5, 5.41) is 3.26. The highest BCUT2D eigenvalue weighted by molar-refractivity contribution is 9.13. The molecule has 0 heterocycles. The third-order valence-corrected chi connectivity index (χ3v) is 4.82. The van der Waals surface area contributed by atoms with Crippen LogP contribution in [-0.2, 0) is 16.6 Å². The van der Waals surface area contributed by atoms with E-state index in [-0.39, 0.29) is 0 Å². The number of hydrogen-bond acceptors (Lipinski definition) is 3. The monoisotopic (exact) mass is 398 g/mol. The SMILES string of the molecule is CS(=O)(=O)NCCCNCc1ccc(Br)c(Br)c1. The van der Waals surface area contributed by atoms with Gasteiger partial charge in [0.2, 0.25) is 10.0 Å². The summed E-state index contributed by atoms with van der Waals surface area (Å²) in [7, 11) is -3.06. The molecule has 0 amide bonds. The molecule has 0 atom stereocenters. The number of benzene rings is 1. The second-order valence-corrected chi connectivity index (χ2v) is 7.49. The van der Waals surface area contributed by atoms with E-state index in [2.05, 4.69) is 41.9 Å². The highest BCUT2D eigenvalue weighted by atomic mass is 79.9. The van der Waals surface area contributed by atoms with E-state index < -0.39 is 10.0 Å². The first kappa shape index (κ1) is 16.1. The van der Waals surface area contributed by atoms with Crippen molar-refractivity contribution in [3.05, 3.63) is 32.7 Å². The van der Waals surface area contributed by atoms with E-state index in [4.69, 9.17) is 0 Å². The molecule has 1 aromatic rings. The van der Waals surface area contributed by atoms with E-state index >= 15 is 0 Å². The first-order valence-corrected chi connectivity index (χ1v) is 8.95. The van der Waals surface area contributed by atoms with Crippen molar-refractivity contribution in [3.8, 4) is 0 Å². The molecule has 0 fully saturated rings. The van der Waals surface area contributed by atoms with Crippen LogP contribution < -0.4 is 10.0 Å². The summed E-state index contributed by atoms with van der Waals surface area (Å²) in [5.74, 6) is 0. The van der Waals surface area contributed by atoms with E-state index in [1.54, 1.807) is 0 Å². The van der Waals surface area contributed by atoms with Crippen LogP contribution >= 0.6 is 31.9 Å². The molecule has 18 heavy (non-hydrogen) atoms. The molecular formula is C11H16Br2N2O2S. The predicted molar refractivity (Wildman–Crippen MR) is 81.0 cm³/mol. The lowest BCUT2D eigenvalue weighted by molar-refractivity contribution is 0.579. The molecule has 0 aliphatic heterocycles. The summed E-state index contributed by atoms with van der Waals surface area (Å²) in [6.07, 6.45) is 1.94. The number of nitrogens with one attached hydrogen (secondary N) is 2. The lowest BCUT2D eigenvalue weighted by atomic mass is 10.2. The van der Waals surface area contributed by atoms with Gasteiger partial charge in [-0.3, -0.25) is 0 Å². The Balaban J connectivity index is 2.20. The first-order valence-electron chi connectivity index (χ1n) is 5.48. The van der Waals surface area contributed by atoms with Crippen LogP contribution in [0.15, 0.2) is 27.1 Å². The van der Waals surface area contributed by atoms with Crippen molar-refractivity contribution in [2.45, 2.75) is 13.0 Å². The Bertz CT molecular complexity index is 492. The maximum Gasteiger partial charge on any atom is 0.208 e. The molecule has 4 nitrogen and oxygen atoms in total. The molecule has 0 saturated carbocycles. The van der Waals surface area contributed by atoms with Crippen LogP contribution in [0.4, 0.5) is 0 Å². The summed E-state index contributed by atoms with van der Waals surface area (Å²) in [6.45, 7) is 2.01. The van der Waals surface area contributed by atoms with Crippen LogP contribution in [-0.4, -0.2) is 27.8 Å². The Labute approximate surface area is 125 Å². The lowest BCUT2D eigenvalue weighted by Gasteiger charge is -2.06. The molecular weight excluding hydrogens is 384 g/mol. The second kappa shape index (κ2) is 7.59. The van der Waals surface area contributed by atoms with E-state index in [1.165, 1.54) is 11.8 Å². The molecule has 0 spiro atoms. The molecule has 0 saturated heterocycles. The Hall–Kier alpha value is 0.0500. The van der Waals surface area contributed by atoms with Crippen LogP contribution in [0.3, 0.4) is 0 Å². The van der Waals surface area contributed by atoms with Gasteiger partial charge in [-0.25, -0.2) is 13.1 Å². The zero-order valence-electron chi connectivity index (χ0n) is 10.0. The van der Waals surface area contributed by atoms with Gasteiger partial charge >= 0.3 is 0 Å². The minimum Gasteiger partial charge on any atom is -0.313 e. The molecule has 0 aromatic heterocycles. The average Bonchev–Trinajstić information content (AvgIpc) is 2.26. The molecule has 0 bridgehead atoms. The molecule has 102 valence electrons. The van der Waals surface area contributed by atoms with Crippen molar-refractivity contribution in [2.75, 3.05) is 19.3 Å². The summed E-state index contributed by atoms with van der Waals surface area (Å²) in [6, 6.07) is 6.08. The van der Waals surface area contributed by atoms with Crippen molar-refractivity contribution in [3.63, 3.8) is 0 Å². The van der Waals surface area contributed by atoms with Crippen LogP contribution in [0, 0.1) is 0 Å². The number of hydrogen-bond donors (Lipinski definition) is 2. The third-order valence-electron chi connectivity index (χ3n) is 2.21. The summed E-state index contributed by atoms with van der Waals surface area (Å²) in [5.41, 5.74) is 1.18. The van der Waals surface area contributed by atoms with Crippen molar-refractivity contribution in [1.82, 2.24) is 10.0 Å². The van der Waals surface area contributed by atoms with Crippen molar-refractivity contribution in [1.29, 1.82) is 0 Å². The minimum absolute atomic E-state index is 0.468. The van der Waals surface area contributed by atoms with E-state index in [9.17, 15) is 8.42 Å². The van der Waals surface area contributed by atoms with Gasteiger partial charge in [-0.1, -0.05) is 6.07 Å². The number of sulfonamides is 1. The van der Waals surface area contributed by atoms with Crippen LogP contribution in [0.1, 0.15) is 12.0 Å². The van der Waals surface area contributed by atoms with Gasteiger partial charge < -0.3 is 5.32 Å². The fraction of sp³-hybridized carbons (Fsp3) is 0.455.